The van der Waals surface area contributed by atoms with Gasteiger partial charge < -0.3 is 4.74 Å². The molecule has 0 aromatic heterocycles. The number of ketones is 1. The molecule has 0 saturated carbocycles. The number of Topliss-reactive ketones (excluding diaryl/α,β-unsaturated/α-hetero) is 1. The second-order valence-corrected chi connectivity index (χ2v) is 8.97. The summed E-state index contributed by atoms with van der Waals surface area (Å²) in [5, 5.41) is 0. The largest absolute Gasteiger partial charge is 0.379 e. The first-order chi connectivity index (χ1) is 15.3. The van der Waals surface area contributed by atoms with Crippen molar-refractivity contribution in [3.63, 3.8) is 0 Å². The molecule has 0 bridgehead atoms. The van der Waals surface area contributed by atoms with Crippen molar-refractivity contribution >= 4 is 5.78 Å². The molecule has 0 spiro atoms. The molecule has 31 heavy (non-hydrogen) atoms. The first-order valence-corrected chi connectivity index (χ1v) is 12.0. The topological polar surface area (TPSA) is 32.8 Å². The zero-order valence-electron chi connectivity index (χ0n) is 18.7. The van der Waals surface area contributed by atoms with Crippen molar-refractivity contribution in [1.29, 1.82) is 0 Å². The minimum atomic E-state index is 0.245. The van der Waals surface area contributed by atoms with E-state index in [2.05, 4.69) is 52.3 Å². The van der Waals surface area contributed by atoms with Crippen molar-refractivity contribution < 1.29 is 9.53 Å². The summed E-state index contributed by atoms with van der Waals surface area (Å²) in [6.07, 6.45) is 7.16. The van der Waals surface area contributed by atoms with E-state index in [-0.39, 0.29) is 5.78 Å². The number of hydrogen-bond acceptors (Lipinski definition) is 4. The molecule has 0 radical (unpaired) electrons. The predicted octanol–water partition coefficient (Wildman–Crippen LogP) is 4.36. The summed E-state index contributed by atoms with van der Waals surface area (Å²) in [6, 6.07) is 17.0. The molecule has 1 fully saturated rings. The Morgan fingerprint density at radius 3 is 2.52 bits per heavy atom. The SMILES string of the molecule is O=C(CN(CCCN1CCOCC1)Cc1ccccc1)c1ccc2c(c1)CCCCC2. The van der Waals surface area contributed by atoms with Crippen molar-refractivity contribution in [1.82, 2.24) is 9.80 Å². The maximum atomic E-state index is 13.2. The Morgan fingerprint density at radius 2 is 1.71 bits per heavy atom. The molecule has 1 aliphatic carbocycles. The minimum absolute atomic E-state index is 0.245. The first-order valence-electron chi connectivity index (χ1n) is 12.0. The summed E-state index contributed by atoms with van der Waals surface area (Å²) in [5.74, 6) is 0.245. The number of fused-ring (bicyclic) bond motifs is 1. The van der Waals surface area contributed by atoms with Gasteiger partial charge in [0.1, 0.15) is 0 Å². The highest BCUT2D eigenvalue weighted by atomic mass is 16.5. The van der Waals surface area contributed by atoms with Crippen molar-refractivity contribution in [2.45, 2.75) is 45.1 Å². The second-order valence-electron chi connectivity index (χ2n) is 8.97. The molecule has 2 aromatic carbocycles. The number of benzene rings is 2. The number of rotatable bonds is 9. The molecule has 0 unspecified atom stereocenters. The third-order valence-corrected chi connectivity index (χ3v) is 6.59. The summed E-state index contributed by atoms with van der Waals surface area (Å²) in [7, 11) is 0. The van der Waals surface area contributed by atoms with Crippen LogP contribution < -0.4 is 0 Å². The molecule has 0 N–H and O–H groups in total. The van der Waals surface area contributed by atoms with Crippen LogP contribution in [0.4, 0.5) is 0 Å². The lowest BCUT2D eigenvalue weighted by Gasteiger charge is -2.28. The minimum Gasteiger partial charge on any atom is -0.379 e. The predicted molar refractivity (Wildman–Crippen MR) is 126 cm³/mol. The van der Waals surface area contributed by atoms with E-state index in [9.17, 15) is 4.79 Å². The second kappa shape index (κ2) is 11.6. The molecular formula is C27H36N2O2. The third kappa shape index (κ3) is 6.73. The van der Waals surface area contributed by atoms with Crippen LogP contribution in [0, 0.1) is 0 Å². The van der Waals surface area contributed by atoms with E-state index >= 15 is 0 Å². The van der Waals surface area contributed by atoms with Crippen LogP contribution in [0.2, 0.25) is 0 Å². The fourth-order valence-corrected chi connectivity index (χ4v) is 4.78. The molecular weight excluding hydrogens is 384 g/mol. The van der Waals surface area contributed by atoms with E-state index in [1.54, 1.807) is 0 Å². The van der Waals surface area contributed by atoms with E-state index in [0.717, 1.165) is 70.8 Å². The zero-order valence-corrected chi connectivity index (χ0v) is 18.7. The number of aryl methyl sites for hydroxylation is 2. The van der Waals surface area contributed by atoms with Crippen LogP contribution in [0.1, 0.15) is 52.7 Å². The Hall–Kier alpha value is -2.01. The van der Waals surface area contributed by atoms with Crippen molar-refractivity contribution in [2.75, 3.05) is 45.9 Å². The fourth-order valence-electron chi connectivity index (χ4n) is 4.78. The maximum Gasteiger partial charge on any atom is 0.176 e. The molecule has 0 amide bonds. The Morgan fingerprint density at radius 1 is 0.935 bits per heavy atom. The van der Waals surface area contributed by atoms with Crippen molar-refractivity contribution in [2.24, 2.45) is 0 Å². The van der Waals surface area contributed by atoms with E-state index in [0.29, 0.717) is 6.54 Å². The Labute approximate surface area is 187 Å². The normalized spacial score (nSPS) is 17.3. The Bertz CT molecular complexity index is 830. The molecule has 4 heteroatoms. The summed E-state index contributed by atoms with van der Waals surface area (Å²) < 4.78 is 5.46. The standard InChI is InChI=1S/C27H36N2O2/c30-27(26-13-12-24-10-5-2-6-11-25(24)20-26)22-29(21-23-8-3-1-4-9-23)15-7-14-28-16-18-31-19-17-28/h1,3-4,8-9,12-13,20H,2,5-7,10-11,14-19,21-22H2. The van der Waals surface area contributed by atoms with Gasteiger partial charge in [0.25, 0.3) is 0 Å². The first kappa shape index (κ1) is 22.2. The highest BCUT2D eigenvalue weighted by Gasteiger charge is 2.17. The van der Waals surface area contributed by atoms with Crippen LogP contribution >= 0.6 is 0 Å². The van der Waals surface area contributed by atoms with E-state index in [1.807, 2.05) is 6.07 Å². The lowest BCUT2D eigenvalue weighted by molar-refractivity contribution is 0.0360. The molecule has 1 heterocycles. The third-order valence-electron chi connectivity index (χ3n) is 6.59. The smallest absolute Gasteiger partial charge is 0.176 e. The van der Waals surface area contributed by atoms with Gasteiger partial charge in [-0.1, -0.05) is 48.9 Å². The van der Waals surface area contributed by atoms with Gasteiger partial charge in [-0.3, -0.25) is 14.6 Å². The van der Waals surface area contributed by atoms with Crippen molar-refractivity contribution in [3.8, 4) is 0 Å². The number of morpholine rings is 1. The maximum absolute atomic E-state index is 13.2. The summed E-state index contributed by atoms with van der Waals surface area (Å²) in [6.45, 7) is 7.02. The summed E-state index contributed by atoms with van der Waals surface area (Å²) in [4.78, 5) is 18.0. The van der Waals surface area contributed by atoms with Gasteiger partial charge in [0.2, 0.25) is 0 Å². The monoisotopic (exact) mass is 420 g/mol. The molecule has 166 valence electrons. The average molecular weight is 421 g/mol. The average Bonchev–Trinajstić information content (AvgIpc) is 3.05. The van der Waals surface area contributed by atoms with E-state index in [4.69, 9.17) is 4.74 Å². The molecule has 1 saturated heterocycles. The Kier molecular flexibility index (Phi) is 8.28. The number of nitrogens with zero attached hydrogens (tertiary/aromatic N) is 2. The highest BCUT2D eigenvalue weighted by molar-refractivity contribution is 5.97. The summed E-state index contributed by atoms with van der Waals surface area (Å²) >= 11 is 0. The molecule has 0 atom stereocenters. The molecule has 2 aliphatic rings. The van der Waals surface area contributed by atoms with Crippen LogP contribution in [0.15, 0.2) is 48.5 Å². The lowest BCUT2D eigenvalue weighted by atomic mass is 9.98. The summed E-state index contributed by atoms with van der Waals surface area (Å²) in [5.41, 5.74) is 4.99. The number of carbonyl (C=O) groups excluding carboxylic acids is 1. The van der Waals surface area contributed by atoms with Gasteiger partial charge in [-0.15, -0.1) is 0 Å². The Balaban J connectivity index is 1.39. The molecule has 1 aliphatic heterocycles. The molecule has 4 rings (SSSR count). The van der Waals surface area contributed by atoms with Gasteiger partial charge in [0.05, 0.1) is 19.8 Å². The van der Waals surface area contributed by atoms with Gasteiger partial charge in [-0.05, 0) is 61.4 Å². The molecule has 2 aromatic rings. The van der Waals surface area contributed by atoms with Gasteiger partial charge in [-0.25, -0.2) is 0 Å². The van der Waals surface area contributed by atoms with Gasteiger partial charge in [-0.2, -0.15) is 0 Å². The molecule has 4 nitrogen and oxygen atoms in total. The fraction of sp³-hybridized carbons (Fsp3) is 0.519. The number of carbonyl (C=O) groups is 1. The van der Waals surface area contributed by atoms with Crippen LogP contribution in [0.5, 0.6) is 0 Å². The van der Waals surface area contributed by atoms with Crippen LogP contribution in [-0.4, -0.2) is 61.5 Å². The van der Waals surface area contributed by atoms with Crippen LogP contribution in [0.25, 0.3) is 0 Å². The van der Waals surface area contributed by atoms with Gasteiger partial charge in [0, 0.05) is 31.7 Å². The number of ether oxygens (including phenoxy) is 1. The van der Waals surface area contributed by atoms with E-state index < -0.39 is 0 Å². The highest BCUT2D eigenvalue weighted by Crippen LogP contribution is 2.22. The van der Waals surface area contributed by atoms with Crippen LogP contribution in [-0.2, 0) is 24.1 Å². The van der Waals surface area contributed by atoms with Gasteiger partial charge in [0.15, 0.2) is 5.78 Å². The van der Waals surface area contributed by atoms with Gasteiger partial charge >= 0.3 is 0 Å². The lowest BCUT2D eigenvalue weighted by Crippen LogP contribution is -2.38. The quantitative estimate of drug-likeness (QED) is 0.446. The zero-order chi connectivity index (χ0) is 21.3. The van der Waals surface area contributed by atoms with E-state index in [1.165, 1.54) is 36.0 Å². The number of hydrogen-bond donors (Lipinski definition) is 0. The van der Waals surface area contributed by atoms with Crippen LogP contribution in [0.3, 0.4) is 0 Å². The van der Waals surface area contributed by atoms with Crippen molar-refractivity contribution in [3.05, 3.63) is 70.8 Å².